The van der Waals surface area contributed by atoms with Gasteiger partial charge in [0.2, 0.25) is 5.78 Å². The molecule has 3 nitrogen and oxygen atoms in total. The lowest BCUT2D eigenvalue weighted by molar-refractivity contribution is -0.111. The minimum atomic E-state index is -0.281. The number of carbonyl (C=O) groups excluding carboxylic acids is 1. The van der Waals surface area contributed by atoms with Gasteiger partial charge in [0, 0.05) is 0 Å². The lowest BCUT2D eigenvalue weighted by Gasteiger charge is -1.98. The lowest BCUT2D eigenvalue weighted by Crippen LogP contribution is -2.13. The number of halogens is 2. The maximum atomic E-state index is 10.6. The van der Waals surface area contributed by atoms with Gasteiger partial charge < -0.3 is 0 Å². The van der Waals surface area contributed by atoms with E-state index in [9.17, 15) is 4.79 Å². The summed E-state index contributed by atoms with van der Waals surface area (Å²) in [6.45, 7) is 0. The van der Waals surface area contributed by atoms with E-state index >= 15 is 0 Å². The molecular formula is C4H2Cl2N2O. The Hall–Kier alpha value is -0.410. The maximum Gasteiger partial charge on any atom is 0.201 e. The molecule has 9 heavy (non-hydrogen) atoms. The molecule has 0 fully saturated rings. The summed E-state index contributed by atoms with van der Waals surface area (Å²) in [7, 11) is 0. The van der Waals surface area contributed by atoms with E-state index in [-0.39, 0.29) is 22.5 Å². The molecule has 0 bridgehead atoms. The molecule has 0 saturated heterocycles. The fraction of sp³-hybridized carbons (Fsp3) is 0.250. The summed E-state index contributed by atoms with van der Waals surface area (Å²) in [5.41, 5.74) is 0. The average Bonchev–Trinajstić information content (AvgIpc) is 1.80. The molecular weight excluding hydrogens is 163 g/mol. The first-order valence-corrected chi connectivity index (χ1v) is 2.94. The molecule has 48 valence electrons. The Balaban J connectivity index is 2.86. The van der Waals surface area contributed by atoms with Crippen molar-refractivity contribution in [1.82, 2.24) is 0 Å². The van der Waals surface area contributed by atoms with Crippen molar-refractivity contribution in [2.45, 2.75) is 6.42 Å². The minimum absolute atomic E-state index is 0.0733. The molecule has 0 aliphatic carbocycles. The molecule has 0 spiro atoms. The van der Waals surface area contributed by atoms with Crippen LogP contribution in [0, 0.1) is 0 Å². The zero-order chi connectivity index (χ0) is 6.85. The smallest absolute Gasteiger partial charge is 0.201 e. The number of hydrogen-bond donors (Lipinski definition) is 0. The number of ketones is 1. The normalized spacial score (nSPS) is 19.1. The Kier molecular flexibility index (Phi) is 1.83. The zero-order valence-electron chi connectivity index (χ0n) is 4.27. The van der Waals surface area contributed by atoms with Crippen molar-refractivity contribution in [3.05, 3.63) is 0 Å². The third-order valence-corrected chi connectivity index (χ3v) is 1.28. The first-order chi connectivity index (χ1) is 4.20. The SMILES string of the molecule is O=C1CC(Cl)=NN=C1Cl. The Labute approximate surface area is 61.4 Å². The van der Waals surface area contributed by atoms with E-state index in [4.69, 9.17) is 23.2 Å². The van der Waals surface area contributed by atoms with Crippen LogP contribution in [0.1, 0.15) is 6.42 Å². The number of rotatable bonds is 0. The number of carbonyl (C=O) groups is 1. The maximum absolute atomic E-state index is 10.6. The molecule has 0 aromatic heterocycles. The van der Waals surface area contributed by atoms with E-state index < -0.39 is 0 Å². The third kappa shape index (κ3) is 1.50. The van der Waals surface area contributed by atoms with Gasteiger partial charge in [0.05, 0.1) is 6.42 Å². The summed E-state index contributed by atoms with van der Waals surface area (Å²) in [6, 6.07) is 0. The minimum Gasteiger partial charge on any atom is -0.291 e. The number of hydrogen-bond acceptors (Lipinski definition) is 3. The monoisotopic (exact) mass is 164 g/mol. The van der Waals surface area contributed by atoms with E-state index in [2.05, 4.69) is 10.2 Å². The predicted octanol–water partition coefficient (Wildman–Crippen LogP) is 1.15. The van der Waals surface area contributed by atoms with E-state index in [1.165, 1.54) is 0 Å². The van der Waals surface area contributed by atoms with Gasteiger partial charge in [-0.3, -0.25) is 4.79 Å². The highest BCUT2D eigenvalue weighted by atomic mass is 35.5. The highest BCUT2D eigenvalue weighted by molar-refractivity contribution is 6.85. The molecule has 1 rings (SSSR count). The van der Waals surface area contributed by atoms with Gasteiger partial charge in [-0.05, 0) is 0 Å². The van der Waals surface area contributed by atoms with E-state index in [0.29, 0.717) is 0 Å². The standard InChI is InChI=1S/C4H2Cl2N2O/c5-3-1-2(9)4(6)8-7-3/h1H2. The van der Waals surface area contributed by atoms with Crippen LogP contribution in [-0.2, 0) is 4.79 Å². The average molecular weight is 165 g/mol. The van der Waals surface area contributed by atoms with Crippen molar-refractivity contribution in [3.63, 3.8) is 0 Å². The van der Waals surface area contributed by atoms with Crippen LogP contribution < -0.4 is 0 Å². The van der Waals surface area contributed by atoms with Crippen LogP contribution in [0.4, 0.5) is 0 Å². The number of Topliss-reactive ketones (excluding diaryl/α,β-unsaturated/α-hetero) is 1. The lowest BCUT2D eigenvalue weighted by atomic mass is 10.3. The highest BCUT2D eigenvalue weighted by Crippen LogP contribution is 2.05. The van der Waals surface area contributed by atoms with Gasteiger partial charge in [0.25, 0.3) is 0 Å². The largest absolute Gasteiger partial charge is 0.291 e. The van der Waals surface area contributed by atoms with Gasteiger partial charge >= 0.3 is 0 Å². The molecule has 0 amide bonds. The number of nitrogens with zero attached hydrogens (tertiary/aromatic N) is 2. The molecule has 0 saturated carbocycles. The van der Waals surface area contributed by atoms with E-state index in [1.54, 1.807) is 0 Å². The molecule has 5 heteroatoms. The summed E-state index contributed by atoms with van der Waals surface area (Å²) < 4.78 is 0. The Morgan fingerprint density at radius 1 is 1.33 bits per heavy atom. The molecule has 0 N–H and O–H groups in total. The molecule has 0 atom stereocenters. The third-order valence-electron chi connectivity index (χ3n) is 0.783. The fourth-order valence-electron chi connectivity index (χ4n) is 0.395. The van der Waals surface area contributed by atoms with Gasteiger partial charge in [-0.2, -0.15) is 0 Å². The van der Waals surface area contributed by atoms with Crippen LogP contribution in [0.2, 0.25) is 0 Å². The zero-order valence-corrected chi connectivity index (χ0v) is 5.78. The Morgan fingerprint density at radius 3 is 2.44 bits per heavy atom. The molecule has 1 aliphatic rings. The van der Waals surface area contributed by atoms with Crippen molar-refractivity contribution < 1.29 is 4.79 Å². The molecule has 0 aromatic rings. The van der Waals surface area contributed by atoms with Crippen LogP contribution in [-0.4, -0.2) is 16.1 Å². The second-order valence-corrected chi connectivity index (χ2v) is 2.26. The van der Waals surface area contributed by atoms with Gasteiger partial charge in [-0.25, -0.2) is 0 Å². The summed E-state index contributed by atoms with van der Waals surface area (Å²) in [6.07, 6.45) is 0.0733. The van der Waals surface area contributed by atoms with Crippen molar-refractivity contribution in [3.8, 4) is 0 Å². The Morgan fingerprint density at radius 2 is 2.00 bits per heavy atom. The van der Waals surface area contributed by atoms with Gasteiger partial charge in [-0.15, -0.1) is 10.2 Å². The second kappa shape index (κ2) is 2.45. The first kappa shape index (κ1) is 6.71. The van der Waals surface area contributed by atoms with Crippen LogP contribution in [0.5, 0.6) is 0 Å². The van der Waals surface area contributed by atoms with Crippen LogP contribution in [0.15, 0.2) is 10.2 Å². The van der Waals surface area contributed by atoms with Gasteiger partial charge in [0.15, 0.2) is 5.17 Å². The van der Waals surface area contributed by atoms with E-state index in [1.807, 2.05) is 0 Å². The van der Waals surface area contributed by atoms with Crippen molar-refractivity contribution in [2.75, 3.05) is 0 Å². The van der Waals surface area contributed by atoms with Crippen molar-refractivity contribution in [2.24, 2.45) is 10.2 Å². The highest BCUT2D eigenvalue weighted by Gasteiger charge is 2.14. The molecule has 1 aliphatic heterocycles. The van der Waals surface area contributed by atoms with Crippen molar-refractivity contribution in [1.29, 1.82) is 0 Å². The molecule has 0 radical (unpaired) electrons. The predicted molar refractivity (Wildman–Crippen MR) is 36.2 cm³/mol. The summed E-state index contributed by atoms with van der Waals surface area (Å²) >= 11 is 10.6. The quantitative estimate of drug-likeness (QED) is 0.530. The van der Waals surface area contributed by atoms with Crippen LogP contribution >= 0.6 is 23.2 Å². The second-order valence-electron chi connectivity index (χ2n) is 1.47. The topological polar surface area (TPSA) is 41.8 Å². The first-order valence-electron chi connectivity index (χ1n) is 2.19. The molecule has 0 aromatic carbocycles. The summed E-state index contributed by atoms with van der Waals surface area (Å²) in [5.74, 6) is -0.281. The van der Waals surface area contributed by atoms with Crippen molar-refractivity contribution >= 4 is 39.3 Å². The Bertz CT molecular complexity index is 209. The summed E-state index contributed by atoms with van der Waals surface area (Å²) in [4.78, 5) is 10.6. The molecule has 0 unspecified atom stereocenters. The summed E-state index contributed by atoms with van der Waals surface area (Å²) in [5, 5.41) is 6.75. The van der Waals surface area contributed by atoms with Gasteiger partial charge in [0.1, 0.15) is 5.17 Å². The fourth-order valence-corrected chi connectivity index (χ4v) is 0.658. The van der Waals surface area contributed by atoms with Crippen LogP contribution in [0.3, 0.4) is 0 Å². The van der Waals surface area contributed by atoms with Gasteiger partial charge in [-0.1, -0.05) is 23.2 Å². The molecule has 1 heterocycles. The van der Waals surface area contributed by atoms with E-state index in [0.717, 1.165) is 0 Å². The van der Waals surface area contributed by atoms with Crippen LogP contribution in [0.25, 0.3) is 0 Å².